The van der Waals surface area contributed by atoms with Gasteiger partial charge in [-0.2, -0.15) is 0 Å². The Bertz CT molecular complexity index is 355. The lowest BCUT2D eigenvalue weighted by Crippen LogP contribution is -2.32. The van der Waals surface area contributed by atoms with Gasteiger partial charge < -0.3 is 10.4 Å². The van der Waals surface area contributed by atoms with Crippen molar-refractivity contribution in [2.45, 2.75) is 46.2 Å². The number of aliphatic hydroxyl groups is 1. The Morgan fingerprint density at radius 2 is 2.21 bits per heavy atom. The number of pyridine rings is 1. The number of anilines is 1. The maximum Gasteiger partial charge on any atom is 0.130 e. The van der Waals surface area contributed by atoms with Gasteiger partial charge in [-0.1, -0.05) is 13.0 Å². The lowest BCUT2D eigenvalue weighted by atomic mass is 10.2. The van der Waals surface area contributed by atoms with Gasteiger partial charge in [-0.25, -0.2) is 4.98 Å². The minimum absolute atomic E-state index is 0.247. The second-order valence-electron chi connectivity index (χ2n) is 5.08. The molecule has 0 radical (unpaired) electrons. The minimum Gasteiger partial charge on any atom is -0.396 e. The molecule has 0 unspecified atom stereocenters. The van der Waals surface area contributed by atoms with Crippen LogP contribution in [0.1, 0.15) is 39.2 Å². The van der Waals surface area contributed by atoms with E-state index in [0.717, 1.165) is 38.3 Å². The third-order valence-corrected chi connectivity index (χ3v) is 3.14. The van der Waals surface area contributed by atoms with Crippen molar-refractivity contribution in [3.8, 4) is 0 Å². The molecule has 0 spiro atoms. The summed E-state index contributed by atoms with van der Waals surface area (Å²) in [6.07, 6.45) is 3.74. The van der Waals surface area contributed by atoms with Gasteiger partial charge in [0.25, 0.3) is 0 Å². The van der Waals surface area contributed by atoms with Crippen LogP contribution in [0.4, 0.5) is 5.82 Å². The summed E-state index contributed by atoms with van der Waals surface area (Å²) in [6, 6.07) is 4.57. The Labute approximate surface area is 116 Å². The Morgan fingerprint density at radius 1 is 1.42 bits per heavy atom. The molecule has 1 aromatic rings. The van der Waals surface area contributed by atoms with Gasteiger partial charge in [0.15, 0.2) is 0 Å². The number of rotatable bonds is 9. The predicted molar refractivity (Wildman–Crippen MR) is 80.3 cm³/mol. The van der Waals surface area contributed by atoms with E-state index >= 15 is 0 Å². The first-order chi connectivity index (χ1) is 9.19. The Kier molecular flexibility index (Phi) is 7.45. The highest BCUT2D eigenvalue weighted by atomic mass is 16.3. The highest BCUT2D eigenvalue weighted by Gasteiger charge is 2.12. The summed E-state index contributed by atoms with van der Waals surface area (Å²) >= 11 is 0. The monoisotopic (exact) mass is 265 g/mol. The molecular formula is C15H27N3O. The lowest BCUT2D eigenvalue weighted by Gasteiger charge is -2.27. The molecule has 1 heterocycles. The molecule has 4 heteroatoms. The van der Waals surface area contributed by atoms with Crippen LogP contribution in [0.15, 0.2) is 18.3 Å². The summed E-state index contributed by atoms with van der Waals surface area (Å²) in [5.74, 6) is 0.985. The topological polar surface area (TPSA) is 48.4 Å². The van der Waals surface area contributed by atoms with Crippen molar-refractivity contribution in [3.63, 3.8) is 0 Å². The molecule has 19 heavy (non-hydrogen) atoms. The molecule has 0 aliphatic heterocycles. The highest BCUT2D eigenvalue weighted by molar-refractivity contribution is 5.43. The molecule has 4 nitrogen and oxygen atoms in total. The van der Waals surface area contributed by atoms with Crippen molar-refractivity contribution in [2.24, 2.45) is 0 Å². The molecule has 108 valence electrons. The number of nitrogens with zero attached hydrogens (tertiary/aromatic N) is 2. The number of aliphatic hydroxyl groups excluding tert-OH is 1. The van der Waals surface area contributed by atoms with E-state index in [2.05, 4.69) is 42.0 Å². The van der Waals surface area contributed by atoms with Crippen LogP contribution in [-0.4, -0.2) is 40.7 Å². The summed E-state index contributed by atoms with van der Waals surface area (Å²) in [5.41, 5.74) is 1.22. The van der Waals surface area contributed by atoms with E-state index in [1.54, 1.807) is 0 Å². The van der Waals surface area contributed by atoms with Crippen molar-refractivity contribution in [3.05, 3.63) is 23.9 Å². The minimum atomic E-state index is 0.247. The summed E-state index contributed by atoms with van der Waals surface area (Å²) in [4.78, 5) is 6.79. The summed E-state index contributed by atoms with van der Waals surface area (Å²) in [7, 11) is 0. The fourth-order valence-electron chi connectivity index (χ4n) is 1.98. The summed E-state index contributed by atoms with van der Waals surface area (Å²) in [6.45, 7) is 9.50. The summed E-state index contributed by atoms with van der Waals surface area (Å²) in [5, 5.41) is 12.4. The van der Waals surface area contributed by atoms with Crippen molar-refractivity contribution in [1.82, 2.24) is 9.88 Å². The van der Waals surface area contributed by atoms with Crippen molar-refractivity contribution >= 4 is 5.82 Å². The van der Waals surface area contributed by atoms with Crippen LogP contribution in [0, 0.1) is 0 Å². The van der Waals surface area contributed by atoms with Crippen LogP contribution >= 0.6 is 0 Å². The fraction of sp³-hybridized carbons (Fsp3) is 0.667. The maximum atomic E-state index is 8.98. The average Bonchev–Trinajstić information content (AvgIpc) is 2.41. The van der Waals surface area contributed by atoms with Crippen molar-refractivity contribution in [2.75, 3.05) is 25.0 Å². The first kappa shape index (κ1) is 15.9. The molecular weight excluding hydrogens is 238 g/mol. The first-order valence-electron chi connectivity index (χ1n) is 7.21. The molecule has 0 atom stereocenters. The molecule has 0 saturated carbocycles. The highest BCUT2D eigenvalue weighted by Crippen LogP contribution is 2.16. The van der Waals surface area contributed by atoms with Crippen LogP contribution in [-0.2, 0) is 6.54 Å². The first-order valence-corrected chi connectivity index (χ1v) is 7.21. The van der Waals surface area contributed by atoms with Crippen LogP contribution in [0.5, 0.6) is 0 Å². The van der Waals surface area contributed by atoms with Gasteiger partial charge in [-0.3, -0.25) is 4.90 Å². The number of aromatic nitrogens is 1. The standard InChI is InChI=1S/C15H27N3O/c1-4-8-16-15-14(7-5-9-17-15)12-18(13(2)3)10-6-11-19/h5,7,9,13,19H,4,6,8,10-12H2,1-3H3,(H,16,17). The molecule has 0 amide bonds. The number of hydrogen-bond donors (Lipinski definition) is 2. The second-order valence-corrected chi connectivity index (χ2v) is 5.08. The van der Waals surface area contributed by atoms with Gasteiger partial charge in [0.1, 0.15) is 5.82 Å². The second kappa shape index (κ2) is 8.88. The largest absolute Gasteiger partial charge is 0.396 e. The van der Waals surface area contributed by atoms with Gasteiger partial charge in [0.05, 0.1) is 0 Å². The quantitative estimate of drug-likeness (QED) is 0.720. The zero-order valence-corrected chi connectivity index (χ0v) is 12.4. The molecule has 0 saturated heterocycles. The third-order valence-electron chi connectivity index (χ3n) is 3.14. The van der Waals surface area contributed by atoms with Crippen LogP contribution in [0.2, 0.25) is 0 Å². The molecule has 0 aliphatic carbocycles. The lowest BCUT2D eigenvalue weighted by molar-refractivity contribution is 0.185. The fourth-order valence-corrected chi connectivity index (χ4v) is 1.98. The molecule has 1 aromatic heterocycles. The van der Waals surface area contributed by atoms with E-state index in [1.807, 2.05) is 12.3 Å². The van der Waals surface area contributed by atoms with E-state index in [9.17, 15) is 0 Å². The SMILES string of the molecule is CCCNc1ncccc1CN(CCCO)C(C)C. The molecule has 0 bridgehead atoms. The Balaban J connectivity index is 2.71. The van der Waals surface area contributed by atoms with Gasteiger partial charge in [0, 0.05) is 44.0 Å². The summed E-state index contributed by atoms with van der Waals surface area (Å²) < 4.78 is 0. The molecule has 0 aromatic carbocycles. The molecule has 0 aliphatic rings. The van der Waals surface area contributed by atoms with E-state index in [4.69, 9.17) is 5.11 Å². The van der Waals surface area contributed by atoms with Crippen LogP contribution < -0.4 is 5.32 Å². The van der Waals surface area contributed by atoms with E-state index in [-0.39, 0.29) is 6.61 Å². The van der Waals surface area contributed by atoms with Gasteiger partial charge >= 0.3 is 0 Å². The van der Waals surface area contributed by atoms with Gasteiger partial charge in [-0.15, -0.1) is 0 Å². The third kappa shape index (κ3) is 5.57. The van der Waals surface area contributed by atoms with E-state index in [1.165, 1.54) is 5.56 Å². The van der Waals surface area contributed by atoms with Crippen LogP contribution in [0.25, 0.3) is 0 Å². The number of hydrogen-bond acceptors (Lipinski definition) is 4. The van der Waals surface area contributed by atoms with Crippen molar-refractivity contribution in [1.29, 1.82) is 0 Å². The van der Waals surface area contributed by atoms with Gasteiger partial charge in [-0.05, 0) is 32.8 Å². The smallest absolute Gasteiger partial charge is 0.130 e. The van der Waals surface area contributed by atoms with Crippen molar-refractivity contribution < 1.29 is 5.11 Å². The predicted octanol–water partition coefficient (Wildman–Crippen LogP) is 2.50. The van der Waals surface area contributed by atoms with Crippen LogP contribution in [0.3, 0.4) is 0 Å². The van der Waals surface area contributed by atoms with E-state index < -0.39 is 0 Å². The Morgan fingerprint density at radius 3 is 2.84 bits per heavy atom. The van der Waals surface area contributed by atoms with Gasteiger partial charge in [0.2, 0.25) is 0 Å². The zero-order valence-electron chi connectivity index (χ0n) is 12.4. The maximum absolute atomic E-state index is 8.98. The molecule has 1 rings (SSSR count). The van der Waals surface area contributed by atoms with E-state index in [0.29, 0.717) is 6.04 Å². The normalized spacial score (nSPS) is 11.3. The number of nitrogens with one attached hydrogen (secondary N) is 1. The molecule has 0 fully saturated rings. The molecule has 2 N–H and O–H groups in total. The zero-order chi connectivity index (χ0) is 14.1. The average molecular weight is 265 g/mol. The Hall–Kier alpha value is -1.13.